The molecule has 2 aromatic carbocycles. The summed E-state index contributed by atoms with van der Waals surface area (Å²) in [6, 6.07) is 17.7. The Labute approximate surface area is 154 Å². The molecular weight excluding hydrogens is 324 g/mol. The number of fused-ring (bicyclic) bond motifs is 2. The molecule has 0 aromatic heterocycles. The maximum absolute atomic E-state index is 12.6. The number of hydrogen-bond acceptors (Lipinski definition) is 3. The van der Waals surface area contributed by atoms with Crippen molar-refractivity contribution in [1.82, 2.24) is 0 Å². The molecule has 0 saturated heterocycles. The van der Waals surface area contributed by atoms with E-state index in [9.17, 15) is 9.59 Å². The van der Waals surface area contributed by atoms with Gasteiger partial charge in [-0.2, -0.15) is 0 Å². The molecule has 0 spiro atoms. The van der Waals surface area contributed by atoms with Gasteiger partial charge in [-0.3, -0.25) is 9.59 Å². The zero-order valence-corrected chi connectivity index (χ0v) is 14.8. The predicted octanol–water partition coefficient (Wildman–Crippen LogP) is 4.76. The third-order valence-electron chi connectivity index (χ3n) is 5.63. The number of rotatable bonds is 4. The summed E-state index contributed by atoms with van der Waals surface area (Å²) in [5.41, 5.74) is 2.81. The molecule has 2 aliphatic rings. The van der Waals surface area contributed by atoms with Gasteiger partial charge in [-0.25, -0.2) is 0 Å². The minimum absolute atomic E-state index is 0.0369. The average molecular weight is 348 g/mol. The van der Waals surface area contributed by atoms with Crippen LogP contribution < -0.4 is 10.6 Å². The zero-order chi connectivity index (χ0) is 17.9. The summed E-state index contributed by atoms with van der Waals surface area (Å²) in [5.74, 6) is 0.631. The zero-order valence-electron chi connectivity index (χ0n) is 14.8. The lowest BCUT2D eigenvalue weighted by molar-refractivity contribution is -0.136. The van der Waals surface area contributed by atoms with E-state index in [1.165, 1.54) is 0 Å². The SMILES string of the molecule is O=C(Nc1ccc(Nc2ccccc2)cc1)C1C[C@H]2CCC[C@H](C1)C2=O. The van der Waals surface area contributed by atoms with Crippen molar-refractivity contribution >= 4 is 28.8 Å². The fraction of sp³-hybridized carbons (Fsp3) is 0.364. The van der Waals surface area contributed by atoms with Crippen molar-refractivity contribution in [2.24, 2.45) is 17.8 Å². The first-order valence-corrected chi connectivity index (χ1v) is 9.46. The first kappa shape index (κ1) is 16.8. The van der Waals surface area contributed by atoms with E-state index in [2.05, 4.69) is 10.6 Å². The Balaban J connectivity index is 1.36. The monoisotopic (exact) mass is 348 g/mol. The molecule has 2 bridgehead atoms. The second kappa shape index (κ2) is 7.32. The smallest absolute Gasteiger partial charge is 0.227 e. The Kier molecular flexibility index (Phi) is 4.74. The normalized spacial score (nSPS) is 24.8. The number of anilines is 3. The van der Waals surface area contributed by atoms with E-state index in [1.807, 2.05) is 54.6 Å². The second-order valence-electron chi connectivity index (χ2n) is 7.45. The van der Waals surface area contributed by atoms with Crippen LogP contribution in [0.1, 0.15) is 32.1 Å². The quantitative estimate of drug-likeness (QED) is 0.837. The Bertz CT molecular complexity index is 770. The molecule has 4 heteroatoms. The number of benzene rings is 2. The predicted molar refractivity (Wildman–Crippen MR) is 103 cm³/mol. The lowest BCUT2D eigenvalue weighted by Crippen LogP contribution is -2.40. The standard InChI is InChI=1S/C22H24N2O2/c25-21-15-5-4-6-16(21)14-17(13-15)22(26)24-20-11-9-19(10-12-20)23-18-7-2-1-3-8-18/h1-3,7-12,15-17,23H,4-6,13-14H2,(H,24,26)/t15-,16-/m1/s1. The van der Waals surface area contributed by atoms with Crippen LogP contribution in [0.3, 0.4) is 0 Å². The summed E-state index contributed by atoms with van der Waals surface area (Å²) >= 11 is 0. The molecule has 2 fully saturated rings. The van der Waals surface area contributed by atoms with E-state index in [0.29, 0.717) is 5.78 Å². The van der Waals surface area contributed by atoms with E-state index >= 15 is 0 Å². The Morgan fingerprint density at radius 1 is 0.808 bits per heavy atom. The van der Waals surface area contributed by atoms with Gasteiger partial charge >= 0.3 is 0 Å². The largest absolute Gasteiger partial charge is 0.356 e. The third kappa shape index (κ3) is 3.64. The van der Waals surface area contributed by atoms with Crippen LogP contribution in [-0.4, -0.2) is 11.7 Å². The summed E-state index contributed by atoms with van der Waals surface area (Å²) in [6.45, 7) is 0. The Morgan fingerprint density at radius 2 is 1.38 bits per heavy atom. The molecule has 2 atom stereocenters. The van der Waals surface area contributed by atoms with Crippen molar-refractivity contribution in [2.75, 3.05) is 10.6 Å². The van der Waals surface area contributed by atoms with Crippen LogP contribution in [0.25, 0.3) is 0 Å². The lowest BCUT2D eigenvalue weighted by atomic mass is 9.67. The minimum atomic E-state index is -0.0369. The molecule has 4 rings (SSSR count). The van der Waals surface area contributed by atoms with Crippen molar-refractivity contribution in [2.45, 2.75) is 32.1 Å². The molecule has 0 heterocycles. The number of para-hydroxylation sites is 1. The van der Waals surface area contributed by atoms with Crippen LogP contribution in [0.2, 0.25) is 0 Å². The summed E-state index contributed by atoms with van der Waals surface area (Å²) < 4.78 is 0. The fourth-order valence-corrected chi connectivity index (χ4v) is 4.26. The number of ketones is 1. The third-order valence-corrected chi connectivity index (χ3v) is 5.63. The van der Waals surface area contributed by atoms with Gasteiger partial charge < -0.3 is 10.6 Å². The maximum Gasteiger partial charge on any atom is 0.227 e. The van der Waals surface area contributed by atoms with Gasteiger partial charge in [-0.05, 0) is 62.1 Å². The molecule has 0 aliphatic heterocycles. The Hall–Kier alpha value is -2.62. The van der Waals surface area contributed by atoms with Crippen LogP contribution in [0.15, 0.2) is 54.6 Å². The summed E-state index contributed by atoms with van der Waals surface area (Å²) in [6.07, 6.45) is 4.48. The van der Waals surface area contributed by atoms with Crippen molar-refractivity contribution in [3.63, 3.8) is 0 Å². The van der Waals surface area contributed by atoms with Crippen LogP contribution in [0.5, 0.6) is 0 Å². The van der Waals surface area contributed by atoms with Crippen molar-refractivity contribution < 1.29 is 9.59 Å². The molecule has 2 N–H and O–H groups in total. The number of hydrogen-bond donors (Lipinski definition) is 2. The summed E-state index contributed by atoms with van der Waals surface area (Å²) in [7, 11) is 0. The second-order valence-corrected chi connectivity index (χ2v) is 7.45. The van der Waals surface area contributed by atoms with Gasteiger partial charge in [0.1, 0.15) is 5.78 Å². The molecule has 0 unspecified atom stereocenters. The highest BCUT2D eigenvalue weighted by atomic mass is 16.2. The number of carbonyl (C=O) groups excluding carboxylic acids is 2. The van der Waals surface area contributed by atoms with Crippen molar-refractivity contribution in [3.8, 4) is 0 Å². The lowest BCUT2D eigenvalue weighted by Gasteiger charge is -2.36. The van der Waals surface area contributed by atoms with Gasteiger partial charge in [-0.1, -0.05) is 24.6 Å². The van der Waals surface area contributed by atoms with Gasteiger partial charge in [-0.15, -0.1) is 0 Å². The Morgan fingerprint density at radius 3 is 2.04 bits per heavy atom. The molecule has 134 valence electrons. The van der Waals surface area contributed by atoms with Crippen molar-refractivity contribution in [1.29, 1.82) is 0 Å². The summed E-state index contributed by atoms with van der Waals surface area (Å²) in [5, 5.41) is 6.36. The maximum atomic E-state index is 12.6. The van der Waals surface area contributed by atoms with Crippen LogP contribution in [0, 0.1) is 17.8 Å². The number of nitrogens with one attached hydrogen (secondary N) is 2. The molecular formula is C22H24N2O2. The van der Waals surface area contributed by atoms with Gasteiger partial charge in [0.15, 0.2) is 0 Å². The first-order chi connectivity index (χ1) is 12.7. The number of amides is 1. The highest BCUT2D eigenvalue weighted by molar-refractivity contribution is 5.95. The van der Waals surface area contributed by atoms with Crippen molar-refractivity contribution in [3.05, 3.63) is 54.6 Å². The molecule has 0 radical (unpaired) electrons. The topological polar surface area (TPSA) is 58.2 Å². The average Bonchev–Trinajstić information content (AvgIpc) is 2.64. The van der Waals surface area contributed by atoms with Crippen LogP contribution >= 0.6 is 0 Å². The molecule has 1 amide bonds. The highest BCUT2D eigenvalue weighted by Gasteiger charge is 2.41. The highest BCUT2D eigenvalue weighted by Crippen LogP contribution is 2.40. The van der Waals surface area contributed by atoms with E-state index < -0.39 is 0 Å². The van der Waals surface area contributed by atoms with E-state index in [0.717, 1.165) is 49.2 Å². The van der Waals surface area contributed by atoms with E-state index in [-0.39, 0.29) is 23.7 Å². The molecule has 2 aliphatic carbocycles. The van der Waals surface area contributed by atoms with Crippen LogP contribution in [0.4, 0.5) is 17.1 Å². The molecule has 2 aromatic rings. The minimum Gasteiger partial charge on any atom is -0.356 e. The number of Topliss-reactive ketones (excluding diaryl/α,β-unsaturated/α-hetero) is 1. The molecule has 2 saturated carbocycles. The van der Waals surface area contributed by atoms with Gasteiger partial charge in [0, 0.05) is 34.8 Å². The van der Waals surface area contributed by atoms with E-state index in [4.69, 9.17) is 0 Å². The fourth-order valence-electron chi connectivity index (χ4n) is 4.26. The van der Waals surface area contributed by atoms with Gasteiger partial charge in [0.2, 0.25) is 5.91 Å². The number of carbonyl (C=O) groups is 2. The van der Waals surface area contributed by atoms with Crippen LogP contribution in [-0.2, 0) is 9.59 Å². The van der Waals surface area contributed by atoms with Gasteiger partial charge in [0.05, 0.1) is 0 Å². The van der Waals surface area contributed by atoms with E-state index in [1.54, 1.807) is 0 Å². The first-order valence-electron chi connectivity index (χ1n) is 9.46. The summed E-state index contributed by atoms with van der Waals surface area (Å²) in [4.78, 5) is 24.8. The van der Waals surface area contributed by atoms with Gasteiger partial charge in [0.25, 0.3) is 0 Å². The molecule has 26 heavy (non-hydrogen) atoms. The molecule has 4 nitrogen and oxygen atoms in total.